The zero-order valence-corrected chi connectivity index (χ0v) is 19.7. The summed E-state index contributed by atoms with van der Waals surface area (Å²) in [4.78, 5) is 24.9. The standard InChI is InChI=1S/C21H26NO8PS/c1-28-21(24)19(13-14-32(26,27)18-7-5-4-6-8-18)22-20(23)17-11-9-16(10-12-17)15-31(25,29-2)30-3/h4-12,19H,13-15H2,1-3H3,(H,22,23)/t19-/m1/s1. The number of hydrogen-bond acceptors (Lipinski definition) is 8. The van der Waals surface area contributed by atoms with E-state index in [1.807, 2.05) is 0 Å². The molecule has 11 heteroatoms. The molecule has 0 spiro atoms. The van der Waals surface area contributed by atoms with Gasteiger partial charge < -0.3 is 19.1 Å². The lowest BCUT2D eigenvalue weighted by atomic mass is 10.1. The van der Waals surface area contributed by atoms with Gasteiger partial charge in [0, 0.05) is 19.8 Å². The molecule has 0 radical (unpaired) electrons. The van der Waals surface area contributed by atoms with Crippen LogP contribution in [-0.4, -0.2) is 53.4 Å². The first-order valence-electron chi connectivity index (χ1n) is 9.60. The Hall–Kier alpha value is -2.52. The SMILES string of the molecule is COC(=O)[C@@H](CCS(=O)(=O)c1ccccc1)NC(=O)c1ccc(CP(=O)(OC)OC)cc1. The van der Waals surface area contributed by atoms with E-state index < -0.39 is 35.4 Å². The van der Waals surface area contributed by atoms with Gasteiger partial charge in [0.25, 0.3) is 5.91 Å². The number of hydrogen-bond donors (Lipinski definition) is 1. The van der Waals surface area contributed by atoms with Crippen molar-refractivity contribution in [2.24, 2.45) is 0 Å². The number of nitrogens with one attached hydrogen (secondary N) is 1. The highest BCUT2D eigenvalue weighted by atomic mass is 32.2. The number of rotatable bonds is 11. The van der Waals surface area contributed by atoms with Gasteiger partial charge in [0.05, 0.1) is 23.9 Å². The molecule has 0 aromatic heterocycles. The lowest BCUT2D eigenvalue weighted by Crippen LogP contribution is -2.42. The quantitative estimate of drug-likeness (QED) is 0.382. The Labute approximate surface area is 187 Å². The number of carbonyl (C=O) groups is 2. The summed E-state index contributed by atoms with van der Waals surface area (Å²) in [6.07, 6.45) is -0.122. The predicted molar refractivity (Wildman–Crippen MR) is 118 cm³/mol. The Kier molecular flexibility index (Phi) is 9.15. The molecule has 0 saturated carbocycles. The summed E-state index contributed by atoms with van der Waals surface area (Å²) in [5.41, 5.74) is 0.866. The Morgan fingerprint density at radius 3 is 2.09 bits per heavy atom. The van der Waals surface area contributed by atoms with Crippen molar-refractivity contribution in [3.05, 3.63) is 65.7 Å². The summed E-state index contributed by atoms with van der Waals surface area (Å²) >= 11 is 0. The Balaban J connectivity index is 2.08. The number of carbonyl (C=O) groups excluding carboxylic acids is 2. The summed E-state index contributed by atoms with van der Waals surface area (Å²) in [6, 6.07) is 12.9. The average molecular weight is 483 g/mol. The van der Waals surface area contributed by atoms with Gasteiger partial charge in [-0.05, 0) is 36.2 Å². The topological polar surface area (TPSA) is 125 Å². The molecule has 1 atom stereocenters. The first kappa shape index (κ1) is 25.7. The molecule has 2 aromatic rings. The molecular weight excluding hydrogens is 457 g/mol. The zero-order chi connectivity index (χ0) is 23.8. The van der Waals surface area contributed by atoms with E-state index >= 15 is 0 Å². The number of methoxy groups -OCH3 is 1. The molecule has 2 rings (SSSR count). The highest BCUT2D eigenvalue weighted by molar-refractivity contribution is 7.91. The largest absolute Gasteiger partial charge is 0.467 e. The van der Waals surface area contributed by atoms with Crippen LogP contribution in [0, 0.1) is 0 Å². The molecule has 2 aromatic carbocycles. The van der Waals surface area contributed by atoms with Crippen LogP contribution in [-0.2, 0) is 39.1 Å². The summed E-state index contributed by atoms with van der Waals surface area (Å²) in [5.74, 6) is -1.68. The summed E-state index contributed by atoms with van der Waals surface area (Å²) in [6.45, 7) is 0. The molecule has 0 unspecified atom stereocenters. The minimum atomic E-state index is -3.63. The molecule has 174 valence electrons. The highest BCUT2D eigenvalue weighted by Gasteiger charge is 2.26. The molecule has 0 aliphatic carbocycles. The third kappa shape index (κ3) is 7.00. The van der Waals surface area contributed by atoms with Gasteiger partial charge in [-0.15, -0.1) is 0 Å². The number of sulfone groups is 1. The van der Waals surface area contributed by atoms with Crippen molar-refractivity contribution in [2.75, 3.05) is 27.1 Å². The Morgan fingerprint density at radius 2 is 1.56 bits per heavy atom. The molecule has 9 nitrogen and oxygen atoms in total. The molecule has 32 heavy (non-hydrogen) atoms. The summed E-state index contributed by atoms with van der Waals surface area (Å²) in [5, 5.41) is 2.52. The third-order valence-corrected chi connectivity index (χ3v) is 8.35. The summed E-state index contributed by atoms with van der Waals surface area (Å²) < 4.78 is 51.7. The van der Waals surface area contributed by atoms with Gasteiger partial charge in [-0.1, -0.05) is 30.3 Å². The van der Waals surface area contributed by atoms with E-state index in [9.17, 15) is 22.6 Å². The third-order valence-electron chi connectivity index (χ3n) is 4.72. The first-order valence-corrected chi connectivity index (χ1v) is 13.0. The molecule has 0 aliphatic heterocycles. The van der Waals surface area contributed by atoms with Crippen LogP contribution in [0.1, 0.15) is 22.3 Å². The van der Waals surface area contributed by atoms with Crippen molar-refractivity contribution in [3.8, 4) is 0 Å². The number of amides is 1. The van der Waals surface area contributed by atoms with Crippen LogP contribution in [0.4, 0.5) is 0 Å². The van der Waals surface area contributed by atoms with Gasteiger partial charge in [0.2, 0.25) is 0 Å². The molecule has 1 N–H and O–H groups in total. The number of benzene rings is 2. The second-order valence-electron chi connectivity index (χ2n) is 6.80. The molecule has 0 heterocycles. The Morgan fingerprint density at radius 1 is 0.969 bits per heavy atom. The molecule has 1 amide bonds. The fraction of sp³-hybridized carbons (Fsp3) is 0.333. The van der Waals surface area contributed by atoms with Crippen molar-refractivity contribution < 1.29 is 36.4 Å². The van der Waals surface area contributed by atoms with Crippen LogP contribution in [0.5, 0.6) is 0 Å². The van der Waals surface area contributed by atoms with Gasteiger partial charge in [-0.25, -0.2) is 13.2 Å². The molecule has 0 bridgehead atoms. The maximum absolute atomic E-state index is 12.6. The van der Waals surface area contributed by atoms with E-state index in [0.717, 1.165) is 7.11 Å². The van der Waals surface area contributed by atoms with Crippen LogP contribution in [0.3, 0.4) is 0 Å². The van der Waals surface area contributed by atoms with Crippen LogP contribution in [0.2, 0.25) is 0 Å². The molecule has 0 fully saturated rings. The van der Waals surface area contributed by atoms with Crippen molar-refractivity contribution in [1.29, 1.82) is 0 Å². The Bertz CT molecular complexity index is 1060. The van der Waals surface area contributed by atoms with Gasteiger partial charge in [0.15, 0.2) is 9.84 Å². The lowest BCUT2D eigenvalue weighted by molar-refractivity contribution is -0.142. The molecule has 0 aliphatic rings. The van der Waals surface area contributed by atoms with E-state index in [1.54, 1.807) is 30.3 Å². The van der Waals surface area contributed by atoms with Gasteiger partial charge >= 0.3 is 13.6 Å². The van der Waals surface area contributed by atoms with E-state index in [0.29, 0.717) is 5.56 Å². The highest BCUT2D eigenvalue weighted by Crippen LogP contribution is 2.49. The van der Waals surface area contributed by atoms with Crippen molar-refractivity contribution in [2.45, 2.75) is 23.5 Å². The van der Waals surface area contributed by atoms with Crippen LogP contribution >= 0.6 is 7.60 Å². The zero-order valence-electron chi connectivity index (χ0n) is 18.0. The van der Waals surface area contributed by atoms with E-state index in [4.69, 9.17) is 13.8 Å². The van der Waals surface area contributed by atoms with E-state index in [2.05, 4.69) is 5.32 Å². The normalized spacial score (nSPS) is 12.7. The maximum atomic E-state index is 12.6. The molecular formula is C21H26NO8PS. The first-order chi connectivity index (χ1) is 15.1. The predicted octanol–water partition coefficient (Wildman–Crippen LogP) is 2.81. The van der Waals surface area contributed by atoms with Crippen molar-refractivity contribution >= 4 is 29.3 Å². The van der Waals surface area contributed by atoms with Gasteiger partial charge in [-0.2, -0.15) is 0 Å². The second kappa shape index (κ2) is 11.4. The van der Waals surface area contributed by atoms with Crippen LogP contribution in [0.15, 0.2) is 59.5 Å². The number of esters is 1. The number of ether oxygens (including phenoxy) is 1. The monoisotopic (exact) mass is 483 g/mol. The fourth-order valence-corrected chi connectivity index (χ4v) is 5.26. The van der Waals surface area contributed by atoms with Crippen LogP contribution in [0.25, 0.3) is 0 Å². The van der Waals surface area contributed by atoms with Gasteiger partial charge in [-0.3, -0.25) is 9.36 Å². The van der Waals surface area contributed by atoms with Crippen molar-refractivity contribution in [3.63, 3.8) is 0 Å². The second-order valence-corrected chi connectivity index (χ2v) is 11.2. The average Bonchev–Trinajstić information content (AvgIpc) is 2.82. The smallest absolute Gasteiger partial charge is 0.334 e. The fourth-order valence-electron chi connectivity index (χ4n) is 2.84. The van der Waals surface area contributed by atoms with Crippen molar-refractivity contribution in [1.82, 2.24) is 5.32 Å². The van der Waals surface area contributed by atoms with Crippen LogP contribution < -0.4 is 5.32 Å². The van der Waals surface area contributed by atoms with Gasteiger partial charge in [0.1, 0.15) is 6.04 Å². The summed E-state index contributed by atoms with van der Waals surface area (Å²) in [7, 11) is -3.15. The van der Waals surface area contributed by atoms with E-state index in [1.165, 1.54) is 38.5 Å². The molecule has 0 saturated heterocycles. The maximum Gasteiger partial charge on any atom is 0.334 e. The van der Waals surface area contributed by atoms with E-state index in [-0.39, 0.29) is 28.8 Å². The minimum absolute atomic E-state index is 0.0318. The lowest BCUT2D eigenvalue weighted by Gasteiger charge is -2.17. The minimum Gasteiger partial charge on any atom is -0.467 e.